The summed E-state index contributed by atoms with van der Waals surface area (Å²) in [4.78, 5) is 0.212. The molecule has 1 aromatic heterocycles. The minimum atomic E-state index is -3.59. The number of aromatic nitrogens is 2. The van der Waals surface area contributed by atoms with E-state index in [9.17, 15) is 8.42 Å². The Morgan fingerprint density at radius 1 is 1.32 bits per heavy atom. The fraction of sp³-hybridized carbons (Fsp3) is 0.400. The lowest BCUT2D eigenvalue weighted by atomic mass is 10.1. The molecule has 2 rings (SSSR count). The van der Waals surface area contributed by atoms with Crippen LogP contribution in [-0.4, -0.2) is 24.8 Å². The van der Waals surface area contributed by atoms with Crippen LogP contribution in [0.15, 0.2) is 35.4 Å². The molecule has 0 aliphatic rings. The number of rotatable bonds is 6. The molecule has 7 heteroatoms. The molecule has 2 aromatic rings. The SMILES string of the molecule is CCOc1ccc(S(=O)(=O)NC(C)c2cnn(C)c2C)cc1. The Balaban J connectivity index is 2.18. The van der Waals surface area contributed by atoms with Gasteiger partial charge in [-0.1, -0.05) is 0 Å². The van der Waals surface area contributed by atoms with Crippen molar-refractivity contribution in [3.8, 4) is 5.75 Å². The minimum absolute atomic E-state index is 0.212. The van der Waals surface area contributed by atoms with Crippen LogP contribution >= 0.6 is 0 Å². The lowest BCUT2D eigenvalue weighted by molar-refractivity contribution is 0.340. The second kappa shape index (κ2) is 6.50. The predicted octanol–water partition coefficient (Wildman–Crippen LogP) is 2.17. The Kier molecular flexibility index (Phi) is 4.87. The van der Waals surface area contributed by atoms with Gasteiger partial charge in [-0.3, -0.25) is 4.68 Å². The van der Waals surface area contributed by atoms with Crippen molar-refractivity contribution < 1.29 is 13.2 Å². The zero-order valence-electron chi connectivity index (χ0n) is 13.2. The third kappa shape index (κ3) is 3.48. The fourth-order valence-electron chi connectivity index (χ4n) is 2.19. The summed E-state index contributed by atoms with van der Waals surface area (Å²) in [5.41, 5.74) is 1.79. The molecule has 1 N–H and O–H groups in total. The maximum absolute atomic E-state index is 12.4. The van der Waals surface area contributed by atoms with Crippen molar-refractivity contribution >= 4 is 10.0 Å². The molecule has 0 fully saturated rings. The van der Waals surface area contributed by atoms with Crippen molar-refractivity contribution in [1.82, 2.24) is 14.5 Å². The number of nitrogens with one attached hydrogen (secondary N) is 1. The van der Waals surface area contributed by atoms with Gasteiger partial charge in [0.15, 0.2) is 0 Å². The van der Waals surface area contributed by atoms with Gasteiger partial charge in [0.05, 0.1) is 17.7 Å². The molecule has 6 nitrogen and oxygen atoms in total. The van der Waals surface area contributed by atoms with Gasteiger partial charge in [-0.05, 0) is 45.0 Å². The highest BCUT2D eigenvalue weighted by molar-refractivity contribution is 7.89. The van der Waals surface area contributed by atoms with Gasteiger partial charge in [0.1, 0.15) is 5.75 Å². The predicted molar refractivity (Wildman–Crippen MR) is 84.3 cm³/mol. The van der Waals surface area contributed by atoms with Crippen molar-refractivity contribution in [2.24, 2.45) is 7.05 Å². The molecule has 22 heavy (non-hydrogen) atoms. The maximum Gasteiger partial charge on any atom is 0.241 e. The zero-order valence-corrected chi connectivity index (χ0v) is 14.0. The quantitative estimate of drug-likeness (QED) is 0.884. The second-order valence-electron chi connectivity index (χ2n) is 5.06. The zero-order chi connectivity index (χ0) is 16.3. The molecular formula is C15H21N3O3S. The van der Waals surface area contributed by atoms with E-state index in [0.717, 1.165) is 11.3 Å². The smallest absolute Gasteiger partial charge is 0.241 e. The van der Waals surface area contributed by atoms with E-state index in [0.29, 0.717) is 12.4 Å². The van der Waals surface area contributed by atoms with Crippen LogP contribution in [0.1, 0.15) is 31.1 Å². The summed E-state index contributed by atoms with van der Waals surface area (Å²) < 4.78 is 34.6. The molecule has 0 aliphatic carbocycles. The standard InChI is InChI=1S/C15H21N3O3S/c1-5-21-13-6-8-14(9-7-13)22(19,20)17-11(2)15-10-16-18(4)12(15)3/h6-11,17H,5H2,1-4H3. The number of hydrogen-bond donors (Lipinski definition) is 1. The molecule has 0 bridgehead atoms. The lowest BCUT2D eigenvalue weighted by Gasteiger charge is -2.14. The third-order valence-electron chi connectivity index (χ3n) is 3.52. The molecule has 0 spiro atoms. The minimum Gasteiger partial charge on any atom is -0.494 e. The molecule has 0 amide bonds. The summed E-state index contributed by atoms with van der Waals surface area (Å²) in [6, 6.07) is 6.02. The summed E-state index contributed by atoms with van der Waals surface area (Å²) in [5.74, 6) is 0.651. The number of benzene rings is 1. The molecule has 1 aromatic carbocycles. The molecule has 1 heterocycles. The number of sulfonamides is 1. The van der Waals surface area contributed by atoms with Gasteiger partial charge in [0.25, 0.3) is 0 Å². The van der Waals surface area contributed by atoms with Crippen molar-refractivity contribution in [1.29, 1.82) is 0 Å². The van der Waals surface area contributed by atoms with Crippen LogP contribution in [0.25, 0.3) is 0 Å². The van der Waals surface area contributed by atoms with Gasteiger partial charge in [-0.15, -0.1) is 0 Å². The second-order valence-corrected chi connectivity index (χ2v) is 6.77. The average molecular weight is 323 g/mol. The van der Waals surface area contributed by atoms with Crippen LogP contribution in [-0.2, 0) is 17.1 Å². The van der Waals surface area contributed by atoms with Crippen LogP contribution in [0.4, 0.5) is 0 Å². The number of aryl methyl sites for hydroxylation is 1. The van der Waals surface area contributed by atoms with Crippen molar-refractivity contribution in [3.05, 3.63) is 41.7 Å². The third-order valence-corrected chi connectivity index (χ3v) is 5.07. The van der Waals surface area contributed by atoms with E-state index in [1.807, 2.05) is 20.9 Å². The van der Waals surface area contributed by atoms with E-state index in [4.69, 9.17) is 4.74 Å². The average Bonchev–Trinajstić information content (AvgIpc) is 2.79. The van der Waals surface area contributed by atoms with Crippen LogP contribution < -0.4 is 9.46 Å². The first-order valence-electron chi connectivity index (χ1n) is 7.09. The van der Waals surface area contributed by atoms with E-state index in [1.165, 1.54) is 12.1 Å². The van der Waals surface area contributed by atoms with Gasteiger partial charge in [-0.25, -0.2) is 13.1 Å². The summed E-state index contributed by atoms with van der Waals surface area (Å²) >= 11 is 0. The Hall–Kier alpha value is -1.86. The number of nitrogens with zero attached hydrogens (tertiary/aromatic N) is 2. The molecule has 1 atom stereocenters. The van der Waals surface area contributed by atoms with E-state index >= 15 is 0 Å². The number of ether oxygens (including phenoxy) is 1. The maximum atomic E-state index is 12.4. The van der Waals surface area contributed by atoms with E-state index in [1.54, 1.807) is 29.9 Å². The summed E-state index contributed by atoms with van der Waals surface area (Å²) in [5, 5.41) is 4.14. The normalized spacial score (nSPS) is 13.1. The Bertz CT molecular complexity index is 736. The Morgan fingerprint density at radius 3 is 2.45 bits per heavy atom. The number of hydrogen-bond acceptors (Lipinski definition) is 4. The van der Waals surface area contributed by atoms with Crippen LogP contribution in [0.3, 0.4) is 0 Å². The Morgan fingerprint density at radius 2 is 1.95 bits per heavy atom. The first kappa shape index (κ1) is 16.5. The highest BCUT2D eigenvalue weighted by Crippen LogP contribution is 2.21. The summed E-state index contributed by atoms with van der Waals surface area (Å²) in [6.45, 7) is 6.13. The Labute approximate surface area is 131 Å². The largest absolute Gasteiger partial charge is 0.494 e. The van der Waals surface area contributed by atoms with E-state index in [2.05, 4.69) is 9.82 Å². The molecule has 120 valence electrons. The van der Waals surface area contributed by atoms with Gasteiger partial charge >= 0.3 is 0 Å². The molecule has 0 saturated heterocycles. The van der Waals surface area contributed by atoms with Gasteiger partial charge in [0, 0.05) is 24.3 Å². The highest BCUT2D eigenvalue weighted by atomic mass is 32.2. The molecule has 0 radical (unpaired) electrons. The summed E-state index contributed by atoms with van der Waals surface area (Å²) in [7, 11) is -1.76. The van der Waals surface area contributed by atoms with Gasteiger partial charge in [-0.2, -0.15) is 5.10 Å². The van der Waals surface area contributed by atoms with Crippen LogP contribution in [0, 0.1) is 6.92 Å². The molecule has 0 aliphatic heterocycles. The highest BCUT2D eigenvalue weighted by Gasteiger charge is 2.20. The van der Waals surface area contributed by atoms with Crippen molar-refractivity contribution in [2.45, 2.75) is 31.7 Å². The van der Waals surface area contributed by atoms with E-state index < -0.39 is 10.0 Å². The fourth-order valence-corrected chi connectivity index (χ4v) is 3.41. The first-order valence-corrected chi connectivity index (χ1v) is 8.57. The first-order chi connectivity index (χ1) is 10.3. The monoisotopic (exact) mass is 323 g/mol. The molecule has 1 unspecified atom stereocenters. The van der Waals surface area contributed by atoms with Crippen molar-refractivity contribution in [3.63, 3.8) is 0 Å². The molecule has 0 saturated carbocycles. The topological polar surface area (TPSA) is 73.2 Å². The van der Waals surface area contributed by atoms with Crippen molar-refractivity contribution in [2.75, 3.05) is 6.61 Å². The van der Waals surface area contributed by atoms with E-state index in [-0.39, 0.29) is 10.9 Å². The van der Waals surface area contributed by atoms with Crippen LogP contribution in [0.2, 0.25) is 0 Å². The lowest BCUT2D eigenvalue weighted by Crippen LogP contribution is -2.27. The summed E-state index contributed by atoms with van der Waals surface area (Å²) in [6.07, 6.45) is 1.68. The van der Waals surface area contributed by atoms with Gasteiger partial charge < -0.3 is 4.74 Å². The van der Waals surface area contributed by atoms with Gasteiger partial charge in [0.2, 0.25) is 10.0 Å². The molecular weight excluding hydrogens is 302 g/mol. The van der Waals surface area contributed by atoms with Crippen LogP contribution in [0.5, 0.6) is 5.75 Å².